The molecule has 1 fully saturated rings. The number of hydrogen-bond donors (Lipinski definition) is 1. The number of alkyl halides is 3. The van der Waals surface area contributed by atoms with Gasteiger partial charge in [0.1, 0.15) is 5.56 Å². The zero-order chi connectivity index (χ0) is 29.9. The number of carboxylic acids is 1. The first-order valence-electron chi connectivity index (χ1n) is 13.4. The molecule has 2 aromatic heterocycles. The van der Waals surface area contributed by atoms with Crippen LogP contribution >= 0.6 is 0 Å². The van der Waals surface area contributed by atoms with Crippen LogP contribution < -0.4 is 9.64 Å². The molecule has 2 heterocycles. The maximum atomic E-state index is 15.4. The fraction of sp³-hybridized carbons (Fsp3) is 0.400. The second kappa shape index (κ2) is 12.2. The molecule has 1 aliphatic rings. The zero-order valence-electron chi connectivity index (χ0n) is 22.9. The minimum Gasteiger partial charge on any atom is -0.478 e. The van der Waals surface area contributed by atoms with E-state index in [1.54, 1.807) is 26.0 Å². The van der Waals surface area contributed by atoms with Crippen LogP contribution in [0.1, 0.15) is 73.5 Å². The lowest BCUT2D eigenvalue weighted by Gasteiger charge is -2.34. The highest BCUT2D eigenvalue weighted by Gasteiger charge is 2.37. The topological polar surface area (TPSA) is 92.6 Å². The van der Waals surface area contributed by atoms with Gasteiger partial charge in [-0.05, 0) is 68.7 Å². The molecule has 11 heteroatoms. The lowest BCUT2D eigenvalue weighted by atomic mass is 9.82. The van der Waals surface area contributed by atoms with E-state index in [9.17, 15) is 27.9 Å². The number of halogens is 4. The summed E-state index contributed by atoms with van der Waals surface area (Å²) in [5.41, 5.74) is -1.02. The highest BCUT2D eigenvalue weighted by atomic mass is 19.4. The van der Waals surface area contributed by atoms with Crippen LogP contribution in [0.15, 0.2) is 48.9 Å². The first-order valence-corrected chi connectivity index (χ1v) is 13.4. The summed E-state index contributed by atoms with van der Waals surface area (Å²) in [6.07, 6.45) is 2.44. The molecule has 0 atom stereocenters. The van der Waals surface area contributed by atoms with Crippen LogP contribution in [0.25, 0.3) is 0 Å². The lowest BCUT2D eigenvalue weighted by Crippen LogP contribution is -2.43. The van der Waals surface area contributed by atoms with Gasteiger partial charge in [-0.25, -0.2) is 14.2 Å². The van der Waals surface area contributed by atoms with Gasteiger partial charge in [0.05, 0.1) is 11.3 Å². The summed E-state index contributed by atoms with van der Waals surface area (Å²) in [6.45, 7) is 5.47. The molecule has 41 heavy (non-hydrogen) atoms. The molecule has 1 aromatic carbocycles. The third-order valence-electron chi connectivity index (χ3n) is 7.21. The lowest BCUT2D eigenvalue weighted by molar-refractivity contribution is -0.139. The Hall–Kier alpha value is -4.02. The standard InChI is InChI=1S/C30H31F4N3O4/c1-17(2)37(28(38)21-8-6-18(3)7-9-21)25-14-24(31)26(13-22(25)29(39)40)41-27-23(30(32,33)34)12-20(16-36-27)11-19-5-4-10-35-15-19/h4-5,10,12-18,21H,6-9,11H2,1-3H3,(H,39,40)/t18-,21-. The number of benzene rings is 1. The zero-order valence-corrected chi connectivity index (χ0v) is 22.9. The molecule has 1 aliphatic carbocycles. The van der Waals surface area contributed by atoms with Crippen molar-refractivity contribution in [3.63, 3.8) is 0 Å². The predicted octanol–water partition coefficient (Wildman–Crippen LogP) is 7.28. The van der Waals surface area contributed by atoms with Gasteiger partial charge >= 0.3 is 12.1 Å². The van der Waals surface area contributed by atoms with Gasteiger partial charge in [0, 0.05) is 49.1 Å². The van der Waals surface area contributed by atoms with Crippen LogP contribution in [0.3, 0.4) is 0 Å². The molecule has 1 N–H and O–H groups in total. The highest BCUT2D eigenvalue weighted by Crippen LogP contribution is 2.40. The van der Waals surface area contributed by atoms with E-state index in [0.717, 1.165) is 31.0 Å². The van der Waals surface area contributed by atoms with Crippen molar-refractivity contribution in [2.75, 3.05) is 4.90 Å². The van der Waals surface area contributed by atoms with Gasteiger partial charge < -0.3 is 14.7 Å². The average molecular weight is 574 g/mol. The molecule has 0 spiro atoms. The molecular weight excluding hydrogens is 542 g/mol. The fourth-order valence-corrected chi connectivity index (χ4v) is 5.07. The van der Waals surface area contributed by atoms with Crippen molar-refractivity contribution in [2.45, 2.75) is 65.1 Å². The molecule has 0 radical (unpaired) electrons. The van der Waals surface area contributed by atoms with Crippen molar-refractivity contribution in [2.24, 2.45) is 11.8 Å². The number of aromatic carboxylic acids is 1. The fourth-order valence-electron chi connectivity index (χ4n) is 5.07. The van der Waals surface area contributed by atoms with E-state index in [-0.39, 0.29) is 29.5 Å². The monoisotopic (exact) mass is 573 g/mol. The Bertz CT molecular complexity index is 1400. The largest absolute Gasteiger partial charge is 0.478 e. The van der Waals surface area contributed by atoms with Crippen LogP contribution in [0.5, 0.6) is 11.6 Å². The van der Waals surface area contributed by atoms with Gasteiger partial charge in [-0.3, -0.25) is 9.78 Å². The third-order valence-corrected chi connectivity index (χ3v) is 7.21. The van der Waals surface area contributed by atoms with E-state index in [0.29, 0.717) is 24.3 Å². The molecule has 1 amide bonds. The Balaban J connectivity index is 1.69. The maximum absolute atomic E-state index is 15.4. The highest BCUT2D eigenvalue weighted by molar-refractivity contribution is 6.03. The number of aromatic nitrogens is 2. The number of anilines is 1. The van der Waals surface area contributed by atoms with Crippen molar-refractivity contribution >= 4 is 17.6 Å². The second-order valence-corrected chi connectivity index (χ2v) is 10.7. The summed E-state index contributed by atoms with van der Waals surface area (Å²) in [4.78, 5) is 34.7. The van der Waals surface area contributed by atoms with Crippen molar-refractivity contribution in [3.05, 3.63) is 77.0 Å². The molecule has 0 saturated heterocycles. The smallest absolute Gasteiger partial charge is 0.421 e. The molecule has 0 bridgehead atoms. The van der Waals surface area contributed by atoms with Crippen molar-refractivity contribution in [1.82, 2.24) is 9.97 Å². The van der Waals surface area contributed by atoms with Gasteiger partial charge in [-0.15, -0.1) is 0 Å². The normalized spacial score (nSPS) is 17.4. The Labute approximate surface area is 235 Å². The van der Waals surface area contributed by atoms with E-state index in [1.807, 2.05) is 0 Å². The summed E-state index contributed by atoms with van der Waals surface area (Å²) in [5, 5.41) is 9.95. The molecular formula is C30H31F4N3O4. The number of pyridine rings is 2. The van der Waals surface area contributed by atoms with Gasteiger partial charge in [0.15, 0.2) is 11.6 Å². The van der Waals surface area contributed by atoms with Crippen LogP contribution in [-0.2, 0) is 17.4 Å². The van der Waals surface area contributed by atoms with Gasteiger partial charge in [-0.2, -0.15) is 13.2 Å². The quantitative estimate of drug-likeness (QED) is 0.285. The summed E-state index contributed by atoms with van der Waals surface area (Å²) in [7, 11) is 0. The molecule has 218 valence electrons. The summed E-state index contributed by atoms with van der Waals surface area (Å²) >= 11 is 0. The van der Waals surface area contributed by atoms with E-state index in [4.69, 9.17) is 4.74 Å². The number of nitrogens with zero attached hydrogens (tertiary/aromatic N) is 3. The van der Waals surface area contributed by atoms with Gasteiger partial charge in [0.25, 0.3) is 0 Å². The molecule has 4 rings (SSSR count). The molecule has 0 aliphatic heterocycles. The van der Waals surface area contributed by atoms with Gasteiger partial charge in [0.2, 0.25) is 11.8 Å². The first-order chi connectivity index (χ1) is 19.3. The third kappa shape index (κ3) is 7.01. The second-order valence-electron chi connectivity index (χ2n) is 10.7. The molecule has 7 nitrogen and oxygen atoms in total. The number of carboxylic acid groups (broad SMARTS) is 1. The van der Waals surface area contributed by atoms with Crippen molar-refractivity contribution in [1.29, 1.82) is 0 Å². The molecule has 3 aromatic rings. The van der Waals surface area contributed by atoms with E-state index < -0.39 is 46.8 Å². The molecule has 0 unspecified atom stereocenters. The SMILES string of the molecule is CC(C)N(c1cc(F)c(Oc2ncc(Cc3cccnc3)cc2C(F)(F)F)cc1C(=O)O)C(=O)[C@H]1CC[C@H](C)CC1. The Morgan fingerprint density at radius 1 is 1.10 bits per heavy atom. The minimum absolute atomic E-state index is 0.120. The van der Waals surface area contributed by atoms with E-state index in [1.165, 1.54) is 23.5 Å². The predicted molar refractivity (Wildman–Crippen MR) is 143 cm³/mol. The number of carbonyl (C=O) groups excluding carboxylic acids is 1. The Kier molecular flexibility index (Phi) is 8.94. The summed E-state index contributed by atoms with van der Waals surface area (Å²) < 4.78 is 62.5. The Morgan fingerprint density at radius 3 is 2.39 bits per heavy atom. The van der Waals surface area contributed by atoms with E-state index >= 15 is 4.39 Å². The first kappa shape index (κ1) is 30.0. The molecule has 1 saturated carbocycles. The van der Waals surface area contributed by atoms with Crippen LogP contribution in [0, 0.1) is 17.7 Å². The van der Waals surface area contributed by atoms with Gasteiger partial charge in [-0.1, -0.05) is 13.0 Å². The average Bonchev–Trinajstić information content (AvgIpc) is 2.91. The van der Waals surface area contributed by atoms with Crippen LogP contribution in [0.4, 0.5) is 23.2 Å². The number of rotatable bonds is 8. The summed E-state index contributed by atoms with van der Waals surface area (Å²) in [6, 6.07) is 5.33. The minimum atomic E-state index is -4.89. The van der Waals surface area contributed by atoms with Crippen LogP contribution in [0.2, 0.25) is 0 Å². The number of carbonyl (C=O) groups is 2. The number of hydrogen-bond acceptors (Lipinski definition) is 5. The van der Waals surface area contributed by atoms with Crippen molar-refractivity contribution in [3.8, 4) is 11.6 Å². The summed E-state index contributed by atoms with van der Waals surface area (Å²) in [5.74, 6) is -4.47. The van der Waals surface area contributed by atoms with Crippen LogP contribution in [-0.4, -0.2) is 33.0 Å². The van der Waals surface area contributed by atoms with Crippen molar-refractivity contribution < 1.29 is 37.0 Å². The number of ether oxygens (including phenoxy) is 1. The van der Waals surface area contributed by atoms with E-state index in [2.05, 4.69) is 16.9 Å². The number of amides is 1. The maximum Gasteiger partial charge on any atom is 0.421 e. The Morgan fingerprint density at radius 2 is 1.80 bits per heavy atom.